The number of rotatable bonds is 5. The van der Waals surface area contributed by atoms with E-state index >= 15 is 0 Å². The molecule has 30 heavy (non-hydrogen) atoms. The van der Waals surface area contributed by atoms with E-state index in [0.717, 1.165) is 53.8 Å². The highest BCUT2D eigenvalue weighted by molar-refractivity contribution is 6.04. The summed E-state index contributed by atoms with van der Waals surface area (Å²) in [5.74, 6) is 3.90. The normalized spacial score (nSPS) is 18.0. The first-order valence-corrected chi connectivity index (χ1v) is 10.1. The summed E-state index contributed by atoms with van der Waals surface area (Å²) in [6.45, 7) is 3.63. The van der Waals surface area contributed by atoms with Gasteiger partial charge in [-0.05, 0) is 74.9 Å². The van der Waals surface area contributed by atoms with Crippen LogP contribution in [0.3, 0.4) is 0 Å². The van der Waals surface area contributed by atoms with Crippen LogP contribution in [0.1, 0.15) is 25.8 Å². The monoisotopic (exact) mass is 394 g/mol. The summed E-state index contributed by atoms with van der Waals surface area (Å²) in [5.41, 5.74) is 3.01. The lowest BCUT2D eigenvalue weighted by Gasteiger charge is -2.30. The number of hydrogen-bond donors (Lipinski definition) is 0. The number of fused-ring (bicyclic) bond motifs is 1. The third-order valence-electron chi connectivity index (χ3n) is 5.27. The molecule has 1 fully saturated rings. The van der Waals surface area contributed by atoms with Gasteiger partial charge in [0.05, 0.1) is 11.6 Å². The van der Waals surface area contributed by atoms with Crippen molar-refractivity contribution >= 4 is 18.9 Å². The molecular weight excluding hydrogens is 371 g/mol. The van der Waals surface area contributed by atoms with Crippen molar-refractivity contribution < 1.29 is 4.74 Å². The highest BCUT2D eigenvalue weighted by Gasteiger charge is 2.23. The molecule has 1 atom stereocenters. The minimum absolute atomic E-state index is 0.255. The van der Waals surface area contributed by atoms with Crippen molar-refractivity contribution in [2.24, 2.45) is 0 Å². The van der Waals surface area contributed by atoms with Crippen molar-refractivity contribution in [2.75, 3.05) is 13.1 Å². The second-order valence-electron chi connectivity index (χ2n) is 7.29. The molecule has 2 radical (unpaired) electrons. The van der Waals surface area contributed by atoms with Crippen LogP contribution in [0.4, 0.5) is 0 Å². The fraction of sp³-hybridized carbons (Fsp3) is 0.250. The van der Waals surface area contributed by atoms with Gasteiger partial charge in [0.15, 0.2) is 7.98 Å². The van der Waals surface area contributed by atoms with E-state index < -0.39 is 0 Å². The Hall–Kier alpha value is -3.30. The fourth-order valence-electron chi connectivity index (χ4n) is 3.80. The summed E-state index contributed by atoms with van der Waals surface area (Å²) in [6, 6.07) is 10.2. The van der Waals surface area contributed by atoms with Gasteiger partial charge in [-0.3, -0.25) is 9.67 Å². The quantitative estimate of drug-likeness (QED) is 0.280. The maximum Gasteiger partial charge on any atom is 0.182 e. The maximum atomic E-state index is 6.07. The molecule has 3 heterocycles. The lowest BCUT2D eigenvalue weighted by molar-refractivity contribution is 0.266. The van der Waals surface area contributed by atoms with Crippen molar-refractivity contribution in [3.63, 3.8) is 0 Å². The van der Waals surface area contributed by atoms with E-state index in [-0.39, 0.29) is 6.04 Å². The highest BCUT2D eigenvalue weighted by atomic mass is 16.5. The van der Waals surface area contributed by atoms with Gasteiger partial charge in [0.1, 0.15) is 17.2 Å². The van der Waals surface area contributed by atoms with E-state index in [1.165, 1.54) is 0 Å². The van der Waals surface area contributed by atoms with Gasteiger partial charge in [-0.25, -0.2) is 0 Å². The number of nitrogens with zero attached hydrogens (tertiary/aromatic N) is 4. The standard InChI is InChI=1S/C24H23BN4O/c1-3-5-8-20(4-2)30-21-11-9-18(10-12-21)24-22-16-26-14-13-23(22)29(27-24)19-7-6-15-28(25)17-19/h1,4-5,8-14,16,19H,6-7,15,17H2,2H3/b8-5-,20-4+/t19-/m0/s1. The van der Waals surface area contributed by atoms with Gasteiger partial charge in [-0.2, -0.15) is 5.10 Å². The summed E-state index contributed by atoms with van der Waals surface area (Å²) in [4.78, 5) is 6.20. The number of aromatic nitrogens is 3. The Bertz CT molecular complexity index is 1120. The highest BCUT2D eigenvalue weighted by Crippen LogP contribution is 2.32. The van der Waals surface area contributed by atoms with Crippen LogP contribution in [0, 0.1) is 12.3 Å². The molecule has 5 nitrogen and oxygen atoms in total. The van der Waals surface area contributed by atoms with Crippen LogP contribution < -0.4 is 4.74 Å². The predicted molar refractivity (Wildman–Crippen MR) is 121 cm³/mol. The van der Waals surface area contributed by atoms with Crippen LogP contribution in [-0.2, 0) is 0 Å². The first kappa shape index (κ1) is 20.0. The van der Waals surface area contributed by atoms with Crippen molar-refractivity contribution in [2.45, 2.75) is 25.8 Å². The Morgan fingerprint density at radius 1 is 1.30 bits per heavy atom. The number of pyridine rings is 1. The van der Waals surface area contributed by atoms with Gasteiger partial charge in [-0.1, -0.05) is 5.92 Å². The lowest BCUT2D eigenvalue weighted by Crippen LogP contribution is -2.35. The van der Waals surface area contributed by atoms with Crippen LogP contribution in [0.15, 0.2) is 66.7 Å². The number of ether oxygens (including phenoxy) is 1. The smallest absolute Gasteiger partial charge is 0.182 e. The number of piperidine rings is 1. The second kappa shape index (κ2) is 9.02. The molecule has 1 saturated heterocycles. The Balaban J connectivity index is 1.65. The minimum Gasteiger partial charge on any atom is -0.458 e. The minimum atomic E-state index is 0.255. The zero-order valence-electron chi connectivity index (χ0n) is 17.0. The Kier molecular flexibility index (Phi) is 6.01. The number of terminal acetylenes is 1. The first-order chi connectivity index (χ1) is 14.7. The Morgan fingerprint density at radius 3 is 2.87 bits per heavy atom. The molecule has 148 valence electrons. The molecule has 6 heteroatoms. The molecule has 0 amide bonds. The molecule has 1 aliphatic rings. The van der Waals surface area contributed by atoms with Crippen molar-refractivity contribution in [1.29, 1.82) is 0 Å². The molecule has 1 aliphatic heterocycles. The average molecular weight is 394 g/mol. The van der Waals surface area contributed by atoms with Gasteiger partial charge in [0.25, 0.3) is 0 Å². The van der Waals surface area contributed by atoms with Crippen LogP contribution >= 0.6 is 0 Å². The second-order valence-corrected chi connectivity index (χ2v) is 7.29. The number of benzene rings is 1. The van der Waals surface area contributed by atoms with Gasteiger partial charge in [-0.15, -0.1) is 6.42 Å². The van der Waals surface area contributed by atoms with E-state index in [1.54, 1.807) is 12.2 Å². The zero-order valence-corrected chi connectivity index (χ0v) is 17.0. The molecule has 0 bridgehead atoms. The first-order valence-electron chi connectivity index (χ1n) is 10.1. The molecule has 4 rings (SSSR count). The van der Waals surface area contributed by atoms with Crippen LogP contribution in [-0.4, -0.2) is 40.6 Å². The number of allylic oxidation sites excluding steroid dienone is 3. The molecule has 2 aromatic heterocycles. The third kappa shape index (κ3) is 4.17. The summed E-state index contributed by atoms with van der Waals surface area (Å²) in [5, 5.41) is 6.01. The summed E-state index contributed by atoms with van der Waals surface area (Å²) in [6.07, 6.45) is 16.3. The summed E-state index contributed by atoms with van der Waals surface area (Å²) < 4.78 is 7.99. The molecule has 0 aliphatic carbocycles. The third-order valence-corrected chi connectivity index (χ3v) is 5.27. The molecule has 1 aromatic carbocycles. The Labute approximate surface area is 178 Å². The Morgan fingerprint density at radius 2 is 2.13 bits per heavy atom. The van der Waals surface area contributed by atoms with Crippen molar-refractivity contribution in [3.05, 3.63) is 66.7 Å². The maximum absolute atomic E-state index is 6.07. The average Bonchev–Trinajstić information content (AvgIpc) is 3.17. The predicted octanol–water partition coefficient (Wildman–Crippen LogP) is 4.29. The summed E-state index contributed by atoms with van der Waals surface area (Å²) in [7, 11) is 6.07. The van der Waals surface area contributed by atoms with E-state index in [4.69, 9.17) is 24.2 Å². The van der Waals surface area contributed by atoms with Crippen molar-refractivity contribution in [1.82, 2.24) is 19.6 Å². The van der Waals surface area contributed by atoms with E-state index in [9.17, 15) is 0 Å². The van der Waals surface area contributed by atoms with Crippen LogP contribution in [0.25, 0.3) is 22.2 Å². The van der Waals surface area contributed by atoms with Crippen LogP contribution in [0.2, 0.25) is 0 Å². The SMILES string of the molecule is [B]N1CCC[C@H](n2nc(-c3ccc(OC(/C=C\C#C)=C/C)cc3)c3cnccc32)C1. The van der Waals surface area contributed by atoms with E-state index in [1.807, 2.05) is 60.5 Å². The largest absolute Gasteiger partial charge is 0.458 e. The molecule has 0 saturated carbocycles. The zero-order chi connectivity index (χ0) is 20.9. The van der Waals surface area contributed by atoms with Gasteiger partial charge < -0.3 is 9.55 Å². The van der Waals surface area contributed by atoms with Gasteiger partial charge >= 0.3 is 0 Å². The van der Waals surface area contributed by atoms with Gasteiger partial charge in [0.2, 0.25) is 0 Å². The van der Waals surface area contributed by atoms with E-state index in [2.05, 4.69) is 15.6 Å². The molecule has 0 spiro atoms. The molecule has 0 N–H and O–H groups in total. The fourth-order valence-corrected chi connectivity index (χ4v) is 3.80. The van der Waals surface area contributed by atoms with Gasteiger partial charge in [0, 0.05) is 29.9 Å². The number of hydrogen-bond acceptors (Lipinski definition) is 4. The molecule has 0 unspecified atom stereocenters. The molecule has 3 aromatic rings. The van der Waals surface area contributed by atoms with Crippen molar-refractivity contribution in [3.8, 4) is 29.4 Å². The van der Waals surface area contributed by atoms with E-state index in [0.29, 0.717) is 5.76 Å². The lowest BCUT2D eigenvalue weighted by atomic mass is 10.0. The van der Waals surface area contributed by atoms with Crippen LogP contribution in [0.5, 0.6) is 5.75 Å². The summed E-state index contributed by atoms with van der Waals surface area (Å²) >= 11 is 0. The molecular formula is C24H23BN4O. The topological polar surface area (TPSA) is 43.2 Å².